The zero-order valence-electron chi connectivity index (χ0n) is 62.4. The zero-order valence-corrected chi connectivity index (χ0v) is 61.4. The highest BCUT2D eigenvalue weighted by Gasteiger charge is 2.42. The molecule has 10 N–H and O–H groups in total. The maximum atomic E-state index is 15.3. The fraction of sp³-hybridized carbons (Fsp3) is 0.383. The van der Waals surface area contributed by atoms with Crippen molar-refractivity contribution >= 4 is 92.3 Å². The molecule has 6 aliphatic rings. The molecule has 0 bridgehead atoms. The van der Waals surface area contributed by atoms with Gasteiger partial charge in [-0.3, -0.25) is 78.1 Å². The number of aromatic carboxylic acids is 1. The van der Waals surface area contributed by atoms with Gasteiger partial charge in [0.2, 0.25) is 23.6 Å². The number of anilines is 2. The first-order chi connectivity index (χ1) is 54.0. The van der Waals surface area contributed by atoms with Crippen molar-refractivity contribution in [2.45, 2.75) is 166 Å². The molecule has 2 atom stereocenters. The van der Waals surface area contributed by atoms with Gasteiger partial charge in [0.15, 0.2) is 0 Å². The number of unbranched alkanes of at least 4 members (excludes halogenated alkanes) is 8. The summed E-state index contributed by atoms with van der Waals surface area (Å²) in [4.78, 5) is 142. The molecule has 9 amide bonds. The van der Waals surface area contributed by atoms with E-state index in [1.807, 2.05) is 12.1 Å². The third-order valence-corrected chi connectivity index (χ3v) is 20.2. The number of halogens is 5. The van der Waals surface area contributed by atoms with Gasteiger partial charge in [-0.05, 0) is 142 Å². The first-order valence-corrected chi connectivity index (χ1v) is 37.1. The lowest BCUT2D eigenvalue weighted by Gasteiger charge is -2.29. The lowest BCUT2D eigenvalue weighted by atomic mass is 9.99. The van der Waals surface area contributed by atoms with E-state index in [2.05, 4.69) is 57.2 Å². The number of nitrogens with one attached hydrogen (secondary N) is 7. The van der Waals surface area contributed by atoms with Crippen LogP contribution in [0.2, 0.25) is 0 Å². The molecule has 25 nitrogen and oxygen atoms in total. The van der Waals surface area contributed by atoms with Crippen LogP contribution in [0.5, 0.6) is 0 Å². The molecule has 0 spiro atoms. The molecule has 8 heterocycles. The topological polar surface area (TPSA) is 359 Å². The summed E-state index contributed by atoms with van der Waals surface area (Å²) in [6.07, 6.45) is 23.0. The van der Waals surface area contributed by atoms with Crippen molar-refractivity contribution in [2.24, 2.45) is 5.73 Å². The number of imide groups is 2. The molecule has 4 aliphatic heterocycles. The second-order valence-corrected chi connectivity index (χ2v) is 28.1. The number of nitrogens with two attached hydrogens (primary N) is 1. The fourth-order valence-electron chi connectivity index (χ4n) is 14.0. The number of fused-ring (bicyclic) bond motifs is 4. The number of amides is 9. The first kappa shape index (κ1) is 78.9. The van der Waals surface area contributed by atoms with E-state index in [0.29, 0.717) is 88.2 Å². The smallest absolute Gasteiger partial charge is 0.338 e. The lowest BCUT2D eigenvalue weighted by Crippen LogP contribution is -2.52. The van der Waals surface area contributed by atoms with Crippen molar-refractivity contribution in [3.63, 3.8) is 0 Å². The summed E-state index contributed by atoms with van der Waals surface area (Å²) in [5.41, 5.74) is 12.4. The Kier molecular flexibility index (Phi) is 26.1. The molecular formula is C81H87F5N14O11. The first-order valence-electron chi connectivity index (χ1n) is 37.9. The van der Waals surface area contributed by atoms with Crippen molar-refractivity contribution < 1.29 is 76.4 Å². The standard InChI is InChI=1S/C40H41F2N7O5.C21H17F2N3O3.C19H26N4O3.CH3F/c1-43-36-28-17-27(31(42)18-32(28)45-20-29(36)38(52)47-25-9-10-25)23-8-11-26(30(41)16-23)37(51)44-14-6-4-2-3-5-7-22-15-24-21-49(40(54)35(24)46-19-22)33-12-13-34(50)48-39(33)53;1-24-19-14-7-13(10-2-5-12(21(28)29)16(22)6-10)17(23)8-18(14)25-9-15(19)20(27)26-11-3-4-11;20-9-5-3-1-2-4-6-13-10-14-12-23(19(26)17(14)21-11-13)15-7-8-16(24)22-18(15)25;1-2/h8,11,15-20,25,33H,2-7,9-10,12-14,21H2,1H3,(H,43,45)(H,44,51)(H,47,52)(H,48,50,53);2,5-9,11H,3-4H2,1H3,(H,24,25)(H,26,27)(H,28,29);10-11,15H,1-9,12,20H2,(H,22,24,25);1H3/i;;;1D. The Morgan fingerprint density at radius 1 is 0.523 bits per heavy atom. The van der Waals surface area contributed by atoms with Crippen molar-refractivity contribution in [3.05, 3.63) is 177 Å². The predicted octanol–water partition coefficient (Wildman–Crippen LogP) is 10.9. The molecule has 0 radical (unpaired) electrons. The maximum absolute atomic E-state index is 15.3. The number of hydrogen-bond donors (Lipinski definition) is 9. The van der Waals surface area contributed by atoms with E-state index in [-0.39, 0.29) is 94.1 Å². The molecule has 111 heavy (non-hydrogen) atoms. The van der Waals surface area contributed by atoms with Gasteiger partial charge in [0, 0.05) is 129 Å². The monoisotopic (exact) mass is 1530 g/mol. The van der Waals surface area contributed by atoms with Crippen LogP contribution in [0.1, 0.15) is 202 Å². The molecule has 4 aromatic heterocycles. The van der Waals surface area contributed by atoms with Gasteiger partial charge in [0.25, 0.3) is 29.5 Å². The Balaban J connectivity index is 0.000000179. The minimum atomic E-state index is -1.40. The highest BCUT2D eigenvalue weighted by Crippen LogP contribution is 2.37. The summed E-state index contributed by atoms with van der Waals surface area (Å²) in [5, 5.41) is 29.2. The van der Waals surface area contributed by atoms with E-state index in [0.717, 1.165) is 130 Å². The average molecular weight is 1530 g/mol. The van der Waals surface area contributed by atoms with Crippen molar-refractivity contribution in [1.82, 2.24) is 56.3 Å². The third-order valence-electron chi connectivity index (χ3n) is 20.2. The molecule has 8 aromatic rings. The predicted molar refractivity (Wildman–Crippen MR) is 404 cm³/mol. The van der Waals surface area contributed by atoms with E-state index >= 15 is 8.78 Å². The van der Waals surface area contributed by atoms with Crippen LogP contribution in [-0.4, -0.2) is 152 Å². The van der Waals surface area contributed by atoms with E-state index in [1.165, 1.54) is 83.9 Å². The second kappa shape index (κ2) is 36.7. The minimum Gasteiger partial charge on any atom is -0.478 e. The SMILES string of the molecule is CNc1c(C(=O)NC2CC2)cnc2cc(F)c(-c3ccc(C(=O)NCCCCCCCc4cnc5c(c4)CN(C4CCC(=O)NC4=O)C5=O)c(F)c3)cc12.CNc1c(C(=O)NC2CC2)cnc2cc(F)c(-c3ccc(C(=O)O)c(F)c3)cc12.NCCCCCCCc1cnc2c(c1)CN(C1CCC(=O)NC1=O)C2=O.[2H]CF. The van der Waals surface area contributed by atoms with Crippen LogP contribution in [0.4, 0.5) is 33.3 Å². The third kappa shape index (κ3) is 19.3. The number of alkyl halides is 1. The van der Waals surface area contributed by atoms with Crippen LogP contribution in [0.3, 0.4) is 0 Å². The fourth-order valence-corrected chi connectivity index (χ4v) is 14.0. The average Bonchev–Trinajstić information content (AvgIpc) is 0.979. The summed E-state index contributed by atoms with van der Waals surface area (Å²) in [6.45, 7) is 1.81. The van der Waals surface area contributed by atoms with E-state index in [4.69, 9.17) is 12.2 Å². The Labute approximate surface area is 637 Å². The summed E-state index contributed by atoms with van der Waals surface area (Å²) >= 11 is 0. The maximum Gasteiger partial charge on any atom is 0.338 e. The lowest BCUT2D eigenvalue weighted by molar-refractivity contribution is -0.138. The minimum absolute atomic E-state index is 0.0754. The molecule has 4 fully saturated rings. The van der Waals surface area contributed by atoms with Gasteiger partial charge < -0.3 is 47.2 Å². The number of benzene rings is 4. The summed E-state index contributed by atoms with van der Waals surface area (Å²) in [6, 6.07) is 15.9. The van der Waals surface area contributed by atoms with Crippen LogP contribution < -0.4 is 43.0 Å². The Hall–Kier alpha value is -11.7. The highest BCUT2D eigenvalue weighted by atomic mass is 19.1. The van der Waals surface area contributed by atoms with Crippen LogP contribution >= 0.6 is 0 Å². The Morgan fingerprint density at radius 2 is 0.946 bits per heavy atom. The summed E-state index contributed by atoms with van der Waals surface area (Å²) < 4.78 is 74.8. The number of rotatable bonds is 27. The number of piperidine rings is 2. The van der Waals surface area contributed by atoms with Crippen LogP contribution in [0, 0.1) is 23.3 Å². The van der Waals surface area contributed by atoms with Gasteiger partial charge in [-0.25, -0.2) is 22.4 Å². The number of nitrogens with zero attached hydrogens (tertiary/aromatic N) is 6. The molecule has 2 saturated carbocycles. The zero-order chi connectivity index (χ0) is 79.9. The number of carboxylic acid groups (broad SMARTS) is 1. The van der Waals surface area contributed by atoms with Crippen molar-refractivity contribution in [1.29, 1.82) is 0 Å². The number of carboxylic acids is 1. The van der Waals surface area contributed by atoms with E-state index in [9.17, 15) is 61.1 Å². The number of pyridine rings is 4. The molecule has 30 heteroatoms. The molecule has 2 aliphatic carbocycles. The van der Waals surface area contributed by atoms with E-state index < -0.39 is 65.9 Å². The summed E-state index contributed by atoms with van der Waals surface area (Å²) in [5.74, 6) is -7.41. The quantitative estimate of drug-likeness (QED) is 0.0131. The van der Waals surface area contributed by atoms with E-state index in [1.54, 1.807) is 26.5 Å². The van der Waals surface area contributed by atoms with Crippen LogP contribution in [-0.2, 0) is 45.1 Å². The Bertz CT molecular complexity index is 4970. The van der Waals surface area contributed by atoms with Gasteiger partial charge >= 0.3 is 5.97 Å². The van der Waals surface area contributed by atoms with Gasteiger partial charge in [-0.2, -0.15) is 0 Å². The van der Waals surface area contributed by atoms with Gasteiger partial charge in [-0.1, -0.05) is 62.8 Å². The van der Waals surface area contributed by atoms with Gasteiger partial charge in [0.1, 0.15) is 46.7 Å². The second-order valence-electron chi connectivity index (χ2n) is 28.1. The van der Waals surface area contributed by atoms with Crippen LogP contribution in [0.25, 0.3) is 44.1 Å². The molecule has 582 valence electrons. The van der Waals surface area contributed by atoms with Crippen molar-refractivity contribution in [2.75, 3.05) is 45.0 Å². The van der Waals surface area contributed by atoms with Gasteiger partial charge in [-0.15, -0.1) is 0 Å². The number of aryl methyl sites for hydroxylation is 2. The number of carbonyl (C=O) groups is 10. The summed E-state index contributed by atoms with van der Waals surface area (Å²) in [7, 11) is 2.31. The number of aromatic nitrogens is 4. The molecule has 2 unspecified atom stereocenters. The largest absolute Gasteiger partial charge is 0.478 e. The van der Waals surface area contributed by atoms with Crippen molar-refractivity contribution in [3.8, 4) is 22.3 Å². The normalized spacial score (nSPS) is 16.4. The highest BCUT2D eigenvalue weighted by molar-refractivity contribution is 6.10. The molecule has 2 saturated heterocycles. The molecule has 4 aromatic carbocycles. The molecular weight excluding hydrogens is 1440 g/mol. The number of hydrogen-bond acceptors (Lipinski definition) is 17. The number of carbonyl (C=O) groups excluding carboxylic acids is 9. The Morgan fingerprint density at radius 3 is 1.35 bits per heavy atom. The van der Waals surface area contributed by atoms with Crippen LogP contribution in [0.15, 0.2) is 97.6 Å². The molecule has 14 rings (SSSR count). The van der Waals surface area contributed by atoms with Gasteiger partial charge in [0.05, 0.1) is 53.2 Å².